The Kier molecular flexibility index (Phi) is 6.42. The molecule has 2 heterocycles. The summed E-state index contributed by atoms with van der Waals surface area (Å²) in [5.74, 6) is -0.953. The standard InChI is InChI=1S/C25H34N2O5S/c1-5-32-22(30)19-15-9-6-7-10-17(15)33-20(19)26-18(28)11-8-14-27-21(29)16-12-13-25(4,23(27)31)24(16,2)3/h16H,5-14H2,1-4H3,(H,26,28). The quantitative estimate of drug-likeness (QED) is 0.469. The molecular formula is C25H34N2O5S. The summed E-state index contributed by atoms with van der Waals surface area (Å²) >= 11 is 1.46. The van der Waals surface area contributed by atoms with Gasteiger partial charge in [0.15, 0.2) is 0 Å². The average Bonchev–Trinajstić information content (AvgIpc) is 3.21. The van der Waals surface area contributed by atoms with Gasteiger partial charge in [0, 0.05) is 23.8 Å². The predicted molar refractivity (Wildman–Crippen MR) is 126 cm³/mol. The molecule has 2 aliphatic carbocycles. The second-order valence-corrected chi connectivity index (χ2v) is 11.3. The lowest BCUT2D eigenvalue weighted by atomic mass is 9.62. The Morgan fingerprint density at radius 1 is 1.18 bits per heavy atom. The number of thiophene rings is 1. The summed E-state index contributed by atoms with van der Waals surface area (Å²) in [4.78, 5) is 53.9. The van der Waals surface area contributed by atoms with Crippen molar-refractivity contribution in [3.8, 4) is 0 Å². The van der Waals surface area contributed by atoms with E-state index in [0.29, 0.717) is 17.0 Å². The van der Waals surface area contributed by atoms with E-state index in [1.807, 2.05) is 20.8 Å². The fraction of sp³-hybridized carbons (Fsp3) is 0.680. The molecule has 180 valence electrons. The normalized spacial score (nSPS) is 25.7. The second-order valence-electron chi connectivity index (χ2n) is 10.2. The third kappa shape index (κ3) is 3.90. The molecule has 1 aromatic rings. The number of nitrogens with zero attached hydrogens (tertiary/aromatic N) is 1. The maximum absolute atomic E-state index is 13.1. The molecule has 0 spiro atoms. The number of fused-ring (bicyclic) bond motifs is 3. The molecule has 2 fully saturated rings. The molecule has 1 N–H and O–H groups in total. The first-order chi connectivity index (χ1) is 15.6. The van der Waals surface area contributed by atoms with Crippen LogP contribution >= 0.6 is 11.3 Å². The molecule has 2 unspecified atom stereocenters. The van der Waals surface area contributed by atoms with Crippen molar-refractivity contribution in [1.82, 2.24) is 4.90 Å². The SMILES string of the molecule is CCOC(=O)c1c(NC(=O)CCCN2C(=O)C3CCC(C)(C2=O)C3(C)C)sc2c1CCCC2. The predicted octanol–water partition coefficient (Wildman–Crippen LogP) is 4.33. The van der Waals surface area contributed by atoms with Crippen molar-refractivity contribution in [3.63, 3.8) is 0 Å². The highest BCUT2D eigenvalue weighted by Crippen LogP contribution is 2.60. The Labute approximate surface area is 199 Å². The molecule has 4 rings (SSSR count). The van der Waals surface area contributed by atoms with Gasteiger partial charge in [-0.1, -0.05) is 20.8 Å². The monoisotopic (exact) mass is 474 g/mol. The second kappa shape index (κ2) is 8.85. The number of ether oxygens (including phenoxy) is 1. The van der Waals surface area contributed by atoms with E-state index in [1.165, 1.54) is 16.2 Å². The number of likely N-dealkylation sites (tertiary alicyclic amines) is 1. The number of piperidine rings is 1. The molecule has 0 radical (unpaired) electrons. The van der Waals surface area contributed by atoms with Crippen molar-refractivity contribution in [2.75, 3.05) is 18.5 Å². The Bertz CT molecular complexity index is 997. The van der Waals surface area contributed by atoms with Gasteiger partial charge in [-0.05, 0) is 62.8 Å². The minimum absolute atomic E-state index is 0.101. The molecule has 33 heavy (non-hydrogen) atoms. The number of carbonyl (C=O) groups is 4. The number of imide groups is 1. The van der Waals surface area contributed by atoms with Crippen LogP contribution in [0.1, 0.15) is 87.0 Å². The first kappa shape index (κ1) is 23.9. The van der Waals surface area contributed by atoms with Gasteiger partial charge in [0.05, 0.1) is 17.6 Å². The van der Waals surface area contributed by atoms with Gasteiger partial charge in [-0.3, -0.25) is 19.3 Å². The van der Waals surface area contributed by atoms with Crippen LogP contribution in [0.5, 0.6) is 0 Å². The number of amides is 3. The lowest BCUT2D eigenvalue weighted by Crippen LogP contribution is -2.59. The van der Waals surface area contributed by atoms with Crippen LogP contribution in [0.25, 0.3) is 0 Å². The van der Waals surface area contributed by atoms with Crippen LogP contribution in [-0.2, 0) is 32.0 Å². The van der Waals surface area contributed by atoms with E-state index in [-0.39, 0.29) is 54.6 Å². The topological polar surface area (TPSA) is 92.8 Å². The molecular weight excluding hydrogens is 440 g/mol. The number of anilines is 1. The highest BCUT2D eigenvalue weighted by Gasteiger charge is 2.64. The smallest absolute Gasteiger partial charge is 0.341 e. The van der Waals surface area contributed by atoms with Gasteiger partial charge >= 0.3 is 5.97 Å². The van der Waals surface area contributed by atoms with E-state index < -0.39 is 5.41 Å². The van der Waals surface area contributed by atoms with Crippen molar-refractivity contribution >= 4 is 40.0 Å². The first-order valence-electron chi connectivity index (χ1n) is 12.1. The van der Waals surface area contributed by atoms with E-state index in [9.17, 15) is 19.2 Å². The van der Waals surface area contributed by atoms with E-state index in [1.54, 1.807) is 6.92 Å². The number of carbonyl (C=O) groups excluding carboxylic acids is 4. The van der Waals surface area contributed by atoms with Gasteiger partial charge in [-0.2, -0.15) is 0 Å². The minimum atomic E-state index is -0.529. The maximum Gasteiger partial charge on any atom is 0.341 e. The fourth-order valence-corrected chi connectivity index (χ4v) is 7.07. The summed E-state index contributed by atoms with van der Waals surface area (Å²) in [5, 5.41) is 3.47. The number of aryl methyl sites for hydroxylation is 1. The number of esters is 1. The van der Waals surface area contributed by atoms with Gasteiger partial charge in [0.2, 0.25) is 17.7 Å². The number of nitrogens with one attached hydrogen (secondary N) is 1. The zero-order valence-electron chi connectivity index (χ0n) is 20.0. The minimum Gasteiger partial charge on any atom is -0.462 e. The number of hydrogen-bond donors (Lipinski definition) is 1. The van der Waals surface area contributed by atoms with Gasteiger partial charge < -0.3 is 10.1 Å². The van der Waals surface area contributed by atoms with Crippen LogP contribution < -0.4 is 5.32 Å². The van der Waals surface area contributed by atoms with Gasteiger partial charge in [-0.15, -0.1) is 11.3 Å². The van der Waals surface area contributed by atoms with Gasteiger partial charge in [-0.25, -0.2) is 4.79 Å². The van der Waals surface area contributed by atoms with Crippen molar-refractivity contribution in [2.45, 2.75) is 79.1 Å². The largest absolute Gasteiger partial charge is 0.462 e. The zero-order chi connectivity index (χ0) is 24.0. The van der Waals surface area contributed by atoms with Crippen LogP contribution in [0.4, 0.5) is 5.00 Å². The summed E-state index contributed by atoms with van der Waals surface area (Å²) in [5.41, 5.74) is 0.642. The molecule has 1 saturated heterocycles. The van der Waals surface area contributed by atoms with Crippen molar-refractivity contribution < 1.29 is 23.9 Å². The van der Waals surface area contributed by atoms with Crippen LogP contribution in [-0.4, -0.2) is 41.7 Å². The first-order valence-corrected chi connectivity index (χ1v) is 12.9. The molecule has 1 aromatic heterocycles. The molecule has 2 bridgehead atoms. The maximum atomic E-state index is 13.1. The molecule has 3 amide bonds. The summed E-state index contributed by atoms with van der Waals surface area (Å²) < 4.78 is 5.25. The van der Waals surface area contributed by atoms with E-state index >= 15 is 0 Å². The summed E-state index contributed by atoms with van der Waals surface area (Å²) in [7, 11) is 0. The molecule has 3 aliphatic rings. The van der Waals surface area contributed by atoms with Gasteiger partial charge in [0.1, 0.15) is 5.00 Å². The fourth-order valence-electron chi connectivity index (χ4n) is 5.77. The van der Waals surface area contributed by atoms with E-state index in [0.717, 1.165) is 49.0 Å². The van der Waals surface area contributed by atoms with Gasteiger partial charge in [0.25, 0.3) is 0 Å². The zero-order valence-corrected chi connectivity index (χ0v) is 20.9. The van der Waals surface area contributed by atoms with Crippen LogP contribution in [0, 0.1) is 16.7 Å². The van der Waals surface area contributed by atoms with Crippen molar-refractivity contribution in [3.05, 3.63) is 16.0 Å². The third-order valence-corrected chi connectivity index (χ3v) is 9.40. The lowest BCUT2D eigenvalue weighted by molar-refractivity contribution is -0.168. The highest BCUT2D eigenvalue weighted by molar-refractivity contribution is 7.17. The molecule has 0 aromatic carbocycles. The average molecular weight is 475 g/mol. The Morgan fingerprint density at radius 3 is 2.64 bits per heavy atom. The molecule has 7 nitrogen and oxygen atoms in total. The molecule has 8 heteroatoms. The Morgan fingerprint density at radius 2 is 1.91 bits per heavy atom. The molecule has 1 saturated carbocycles. The third-order valence-electron chi connectivity index (χ3n) is 8.20. The van der Waals surface area contributed by atoms with Crippen molar-refractivity contribution in [2.24, 2.45) is 16.7 Å². The van der Waals surface area contributed by atoms with E-state index in [4.69, 9.17) is 4.74 Å². The summed E-state index contributed by atoms with van der Waals surface area (Å²) in [6.07, 6.45) is 5.88. The van der Waals surface area contributed by atoms with Crippen LogP contribution in [0.3, 0.4) is 0 Å². The Balaban J connectivity index is 1.40. The molecule has 1 aliphatic heterocycles. The number of rotatable bonds is 7. The van der Waals surface area contributed by atoms with Crippen LogP contribution in [0.2, 0.25) is 0 Å². The highest BCUT2D eigenvalue weighted by atomic mass is 32.1. The summed E-state index contributed by atoms with van der Waals surface area (Å²) in [6.45, 7) is 8.31. The lowest BCUT2D eigenvalue weighted by Gasteiger charge is -2.47. The summed E-state index contributed by atoms with van der Waals surface area (Å²) in [6, 6.07) is 0. The van der Waals surface area contributed by atoms with E-state index in [2.05, 4.69) is 5.32 Å². The molecule has 2 atom stereocenters. The Hall–Kier alpha value is -2.22. The number of hydrogen-bond acceptors (Lipinski definition) is 6. The van der Waals surface area contributed by atoms with Crippen LogP contribution in [0.15, 0.2) is 0 Å². The van der Waals surface area contributed by atoms with Crippen molar-refractivity contribution in [1.29, 1.82) is 0 Å².